The van der Waals surface area contributed by atoms with E-state index in [4.69, 9.17) is 9.47 Å². The molecule has 0 unspecified atom stereocenters. The molecule has 0 bridgehead atoms. The number of hydrogen-bond donors (Lipinski definition) is 1. The van der Waals surface area contributed by atoms with Gasteiger partial charge in [-0.15, -0.1) is 18.3 Å². The van der Waals surface area contributed by atoms with Crippen LogP contribution in [0.1, 0.15) is 29.6 Å². The number of piperazine rings is 1. The molecule has 32 heavy (non-hydrogen) atoms. The molecule has 0 spiro atoms. The maximum Gasteiger partial charge on any atom is 0.255 e. The number of methoxy groups -OCH3 is 1. The Balaban J connectivity index is 1.43. The average Bonchev–Trinajstić information content (AvgIpc) is 3.25. The lowest BCUT2D eigenvalue weighted by Gasteiger charge is -2.46. The molecule has 0 aromatic heterocycles. The first-order valence-electron chi connectivity index (χ1n) is 10.8. The topological polar surface area (TPSA) is 88.2 Å². The second-order valence-electron chi connectivity index (χ2n) is 8.29. The molecule has 1 aromatic rings. The zero-order valence-corrected chi connectivity index (χ0v) is 19.2. The number of benzene rings is 1. The first kappa shape index (κ1) is 22.7. The summed E-state index contributed by atoms with van der Waals surface area (Å²) in [5.41, 5.74) is 0.459. The SMILES string of the molecule is C=CCO[C@@H]1C[C@H]2C(=O)N3CC[C@H](NC(=O)c4ccc(SC)cc4OC)C[C@H]3C(=O)N2C1. The Labute approximate surface area is 192 Å². The summed E-state index contributed by atoms with van der Waals surface area (Å²) >= 11 is 1.57. The second kappa shape index (κ2) is 9.54. The van der Waals surface area contributed by atoms with Crippen LogP contribution in [0, 0.1) is 0 Å². The van der Waals surface area contributed by atoms with Crippen molar-refractivity contribution in [1.29, 1.82) is 0 Å². The lowest BCUT2D eigenvalue weighted by molar-refractivity contribution is -0.161. The molecule has 3 aliphatic heterocycles. The van der Waals surface area contributed by atoms with Crippen molar-refractivity contribution in [2.75, 3.05) is 33.1 Å². The van der Waals surface area contributed by atoms with Gasteiger partial charge in [-0.05, 0) is 37.3 Å². The highest BCUT2D eigenvalue weighted by Crippen LogP contribution is 2.33. The summed E-state index contributed by atoms with van der Waals surface area (Å²) in [6.07, 6.45) is 5.01. The van der Waals surface area contributed by atoms with Crippen LogP contribution in [0.15, 0.2) is 35.7 Å². The molecule has 3 amide bonds. The molecule has 4 atom stereocenters. The summed E-state index contributed by atoms with van der Waals surface area (Å²) in [4.78, 5) is 43.5. The van der Waals surface area contributed by atoms with Crippen LogP contribution in [0.5, 0.6) is 5.75 Å². The average molecular weight is 460 g/mol. The minimum absolute atomic E-state index is 0.0154. The van der Waals surface area contributed by atoms with Gasteiger partial charge in [0.1, 0.15) is 17.8 Å². The number of thioether (sulfide) groups is 1. The number of fused-ring (bicyclic) bond motifs is 2. The number of nitrogens with one attached hydrogen (secondary N) is 1. The summed E-state index contributed by atoms with van der Waals surface area (Å²) in [5.74, 6) is 0.208. The Morgan fingerprint density at radius 1 is 1.25 bits per heavy atom. The molecule has 3 heterocycles. The fourth-order valence-electron chi connectivity index (χ4n) is 4.83. The summed E-state index contributed by atoms with van der Waals surface area (Å²) in [5, 5.41) is 3.04. The second-order valence-corrected chi connectivity index (χ2v) is 9.17. The first-order chi connectivity index (χ1) is 15.5. The van der Waals surface area contributed by atoms with Crippen LogP contribution in [0.4, 0.5) is 0 Å². The van der Waals surface area contributed by atoms with Gasteiger partial charge in [-0.3, -0.25) is 14.4 Å². The van der Waals surface area contributed by atoms with Crippen molar-refractivity contribution in [1.82, 2.24) is 15.1 Å². The number of carbonyl (C=O) groups excluding carboxylic acids is 3. The fourth-order valence-corrected chi connectivity index (χ4v) is 5.26. The zero-order valence-electron chi connectivity index (χ0n) is 18.4. The van der Waals surface area contributed by atoms with Crippen molar-refractivity contribution in [2.24, 2.45) is 0 Å². The molecule has 1 aromatic carbocycles. The minimum atomic E-state index is -0.545. The zero-order chi connectivity index (χ0) is 22.8. The van der Waals surface area contributed by atoms with E-state index in [0.29, 0.717) is 50.3 Å². The quantitative estimate of drug-likeness (QED) is 0.493. The highest BCUT2D eigenvalue weighted by molar-refractivity contribution is 7.98. The van der Waals surface area contributed by atoms with Crippen molar-refractivity contribution < 1.29 is 23.9 Å². The summed E-state index contributed by atoms with van der Waals surface area (Å²) < 4.78 is 11.1. The predicted octanol–water partition coefficient (Wildman–Crippen LogP) is 1.69. The Morgan fingerprint density at radius 3 is 2.72 bits per heavy atom. The number of carbonyl (C=O) groups is 3. The van der Waals surface area contributed by atoms with Gasteiger partial charge in [0.15, 0.2) is 0 Å². The van der Waals surface area contributed by atoms with E-state index in [0.717, 1.165) is 4.90 Å². The Bertz CT molecular complexity index is 923. The minimum Gasteiger partial charge on any atom is -0.496 e. The Kier molecular flexibility index (Phi) is 6.76. The van der Waals surface area contributed by atoms with Crippen LogP contribution < -0.4 is 10.1 Å². The van der Waals surface area contributed by atoms with E-state index < -0.39 is 12.1 Å². The predicted molar refractivity (Wildman–Crippen MR) is 121 cm³/mol. The lowest BCUT2D eigenvalue weighted by atomic mass is 9.92. The molecule has 9 heteroatoms. The Hall–Kier alpha value is -2.52. The van der Waals surface area contributed by atoms with Crippen LogP contribution in [-0.2, 0) is 14.3 Å². The maximum atomic E-state index is 13.2. The molecule has 0 aliphatic carbocycles. The van der Waals surface area contributed by atoms with Crippen molar-refractivity contribution in [2.45, 2.75) is 48.4 Å². The van der Waals surface area contributed by atoms with E-state index in [1.165, 1.54) is 0 Å². The van der Waals surface area contributed by atoms with Gasteiger partial charge in [0, 0.05) is 30.4 Å². The van der Waals surface area contributed by atoms with Crippen LogP contribution in [0.25, 0.3) is 0 Å². The van der Waals surface area contributed by atoms with Crippen LogP contribution in [0.3, 0.4) is 0 Å². The van der Waals surface area contributed by atoms with Gasteiger partial charge in [-0.25, -0.2) is 0 Å². The molecule has 3 fully saturated rings. The molecule has 3 saturated heterocycles. The van der Waals surface area contributed by atoms with Crippen molar-refractivity contribution in [3.63, 3.8) is 0 Å². The van der Waals surface area contributed by atoms with Gasteiger partial charge in [0.2, 0.25) is 11.8 Å². The van der Waals surface area contributed by atoms with Crippen molar-refractivity contribution in [3.05, 3.63) is 36.4 Å². The highest BCUT2D eigenvalue weighted by Gasteiger charge is 2.52. The molecule has 0 radical (unpaired) electrons. The number of amides is 3. The number of nitrogens with zero attached hydrogens (tertiary/aromatic N) is 2. The summed E-state index contributed by atoms with van der Waals surface area (Å²) in [6.45, 7) is 4.92. The molecule has 1 N–H and O–H groups in total. The van der Waals surface area contributed by atoms with E-state index in [-0.39, 0.29) is 29.9 Å². The van der Waals surface area contributed by atoms with E-state index in [9.17, 15) is 14.4 Å². The van der Waals surface area contributed by atoms with Crippen LogP contribution in [-0.4, -0.2) is 84.8 Å². The molecule has 4 rings (SSSR count). The van der Waals surface area contributed by atoms with Gasteiger partial charge in [-0.2, -0.15) is 0 Å². The summed E-state index contributed by atoms with van der Waals surface area (Å²) in [6, 6.07) is 4.28. The summed E-state index contributed by atoms with van der Waals surface area (Å²) in [7, 11) is 1.54. The van der Waals surface area contributed by atoms with E-state index in [1.807, 2.05) is 18.4 Å². The van der Waals surface area contributed by atoms with E-state index in [2.05, 4.69) is 11.9 Å². The fraction of sp³-hybridized carbons (Fsp3) is 0.522. The standard InChI is InChI=1S/C23H29N3O5S/c1-4-9-31-15-11-19-22(28)25-8-7-14(10-18(25)23(29)26(19)13-15)24-21(27)17-6-5-16(32-3)12-20(17)30-2/h4-6,12,14-15,18-19H,1,7-11,13H2,2-3H3,(H,24,27)/t14-,15+,18-,19-/m0/s1. The van der Waals surface area contributed by atoms with Gasteiger partial charge in [0.25, 0.3) is 5.91 Å². The smallest absolute Gasteiger partial charge is 0.255 e. The normalized spacial score (nSPS) is 27.1. The number of hydrogen-bond acceptors (Lipinski definition) is 6. The van der Waals surface area contributed by atoms with Crippen LogP contribution >= 0.6 is 11.8 Å². The molecule has 8 nitrogen and oxygen atoms in total. The van der Waals surface area contributed by atoms with Gasteiger partial charge >= 0.3 is 0 Å². The van der Waals surface area contributed by atoms with Gasteiger partial charge < -0.3 is 24.6 Å². The van der Waals surface area contributed by atoms with Crippen molar-refractivity contribution in [3.8, 4) is 5.75 Å². The van der Waals surface area contributed by atoms with E-state index in [1.54, 1.807) is 40.8 Å². The van der Waals surface area contributed by atoms with Crippen LogP contribution in [0.2, 0.25) is 0 Å². The molecule has 0 saturated carbocycles. The number of piperidine rings is 1. The van der Waals surface area contributed by atoms with Crippen molar-refractivity contribution >= 4 is 29.5 Å². The van der Waals surface area contributed by atoms with Gasteiger partial charge in [0.05, 0.1) is 25.4 Å². The van der Waals surface area contributed by atoms with Gasteiger partial charge in [-0.1, -0.05) is 6.08 Å². The maximum absolute atomic E-state index is 13.2. The lowest BCUT2D eigenvalue weighted by Crippen LogP contribution is -2.66. The molecular formula is C23H29N3O5S. The Morgan fingerprint density at radius 2 is 2.00 bits per heavy atom. The number of ether oxygens (including phenoxy) is 2. The third-order valence-electron chi connectivity index (χ3n) is 6.44. The third kappa shape index (κ3) is 4.23. The monoisotopic (exact) mass is 459 g/mol. The third-order valence-corrected chi connectivity index (χ3v) is 7.17. The largest absolute Gasteiger partial charge is 0.496 e. The van der Waals surface area contributed by atoms with E-state index >= 15 is 0 Å². The highest BCUT2D eigenvalue weighted by atomic mass is 32.2. The number of rotatable bonds is 7. The molecule has 172 valence electrons. The first-order valence-corrected chi connectivity index (χ1v) is 12.1. The molecule has 3 aliphatic rings. The molecular weight excluding hydrogens is 430 g/mol.